The lowest BCUT2D eigenvalue weighted by Gasteiger charge is -2.11. The number of ether oxygens (including phenoxy) is 2. The summed E-state index contributed by atoms with van der Waals surface area (Å²) in [6.45, 7) is 0.758. The first-order valence-corrected chi connectivity index (χ1v) is 5.74. The van der Waals surface area contributed by atoms with Gasteiger partial charge >= 0.3 is 5.97 Å². The summed E-state index contributed by atoms with van der Waals surface area (Å²) in [6.07, 6.45) is 0.943. The minimum Gasteiger partial charge on any atom is -0.493 e. The van der Waals surface area contributed by atoms with Gasteiger partial charge in [0.2, 0.25) is 0 Å². The highest BCUT2D eigenvalue weighted by molar-refractivity contribution is 6.31. The highest BCUT2D eigenvalue weighted by Gasteiger charge is 2.06. The molecule has 0 unspecified atom stereocenters. The van der Waals surface area contributed by atoms with Gasteiger partial charge in [0.15, 0.2) is 0 Å². The van der Waals surface area contributed by atoms with Crippen LogP contribution in [0.25, 0.3) is 0 Å². The molecule has 94 valence electrons. The number of carbonyl (C=O) groups excluding carboxylic acids is 1. The molecule has 0 aliphatic carbocycles. The van der Waals surface area contributed by atoms with Gasteiger partial charge in [-0.25, -0.2) is 0 Å². The molecule has 2 N–H and O–H groups in total. The van der Waals surface area contributed by atoms with Gasteiger partial charge in [-0.05, 0) is 18.6 Å². The van der Waals surface area contributed by atoms with Gasteiger partial charge in [0, 0.05) is 23.6 Å². The molecule has 17 heavy (non-hydrogen) atoms. The number of carbonyl (C=O) groups is 1. The molecule has 0 aromatic heterocycles. The Morgan fingerprint density at radius 3 is 2.88 bits per heavy atom. The van der Waals surface area contributed by atoms with E-state index in [1.54, 1.807) is 12.1 Å². The molecule has 5 heteroatoms. The quantitative estimate of drug-likeness (QED) is 0.626. The van der Waals surface area contributed by atoms with Gasteiger partial charge in [-0.15, -0.1) is 0 Å². The van der Waals surface area contributed by atoms with E-state index >= 15 is 0 Å². The largest absolute Gasteiger partial charge is 0.493 e. The van der Waals surface area contributed by atoms with Gasteiger partial charge in [-0.2, -0.15) is 0 Å². The fourth-order valence-electron chi connectivity index (χ4n) is 1.37. The third-order valence-corrected chi connectivity index (χ3v) is 2.64. The number of rotatable bonds is 6. The van der Waals surface area contributed by atoms with Crippen molar-refractivity contribution in [3.63, 3.8) is 0 Å². The van der Waals surface area contributed by atoms with Crippen LogP contribution in [0.15, 0.2) is 18.2 Å². The zero-order valence-corrected chi connectivity index (χ0v) is 10.5. The van der Waals surface area contributed by atoms with E-state index in [0.29, 0.717) is 36.8 Å². The van der Waals surface area contributed by atoms with Gasteiger partial charge in [0.25, 0.3) is 0 Å². The van der Waals surface area contributed by atoms with Crippen LogP contribution < -0.4 is 10.5 Å². The summed E-state index contributed by atoms with van der Waals surface area (Å²) >= 11 is 5.98. The fourth-order valence-corrected chi connectivity index (χ4v) is 1.62. The maximum Gasteiger partial charge on any atom is 0.305 e. The van der Waals surface area contributed by atoms with Gasteiger partial charge in [-0.3, -0.25) is 4.79 Å². The predicted molar refractivity (Wildman–Crippen MR) is 66.1 cm³/mol. The summed E-state index contributed by atoms with van der Waals surface area (Å²) in [5.41, 5.74) is 6.37. The van der Waals surface area contributed by atoms with Crippen LogP contribution in [-0.4, -0.2) is 19.7 Å². The van der Waals surface area contributed by atoms with Crippen LogP contribution in [0.4, 0.5) is 0 Å². The third-order valence-electron chi connectivity index (χ3n) is 2.29. The van der Waals surface area contributed by atoms with Gasteiger partial charge in [0.1, 0.15) is 5.75 Å². The Labute approximate surface area is 106 Å². The number of nitrogens with two attached hydrogens (primary N) is 1. The van der Waals surface area contributed by atoms with E-state index in [2.05, 4.69) is 4.74 Å². The Bertz CT molecular complexity index is 382. The maximum absolute atomic E-state index is 10.9. The van der Waals surface area contributed by atoms with Gasteiger partial charge < -0.3 is 15.2 Å². The van der Waals surface area contributed by atoms with Crippen LogP contribution in [0.5, 0.6) is 5.75 Å². The van der Waals surface area contributed by atoms with Crippen molar-refractivity contribution in [3.8, 4) is 5.75 Å². The Balaban J connectivity index is 2.46. The summed E-state index contributed by atoms with van der Waals surface area (Å²) in [4.78, 5) is 10.9. The third kappa shape index (κ3) is 4.24. The molecule has 0 saturated heterocycles. The number of methoxy groups -OCH3 is 1. The molecule has 4 nitrogen and oxygen atoms in total. The average Bonchev–Trinajstić information content (AvgIpc) is 2.34. The van der Waals surface area contributed by atoms with Crippen molar-refractivity contribution in [2.45, 2.75) is 19.4 Å². The predicted octanol–water partition coefficient (Wildman–Crippen LogP) is 2.13. The average molecular weight is 258 g/mol. The van der Waals surface area contributed by atoms with Crippen molar-refractivity contribution in [2.75, 3.05) is 13.7 Å². The first-order valence-electron chi connectivity index (χ1n) is 5.36. The number of esters is 1. The highest BCUT2D eigenvalue weighted by atomic mass is 35.5. The second-order valence-electron chi connectivity index (χ2n) is 3.45. The smallest absolute Gasteiger partial charge is 0.305 e. The molecule has 1 aromatic carbocycles. The monoisotopic (exact) mass is 257 g/mol. The molecular weight excluding hydrogens is 242 g/mol. The topological polar surface area (TPSA) is 61.5 Å². The van der Waals surface area contributed by atoms with Crippen LogP contribution in [-0.2, 0) is 16.1 Å². The first-order chi connectivity index (χ1) is 8.19. The normalized spacial score (nSPS) is 10.1. The molecule has 0 bridgehead atoms. The number of hydrogen-bond donors (Lipinski definition) is 1. The summed E-state index contributed by atoms with van der Waals surface area (Å²) in [7, 11) is 1.37. The van der Waals surface area contributed by atoms with Crippen LogP contribution in [0.2, 0.25) is 5.02 Å². The number of halogens is 1. The summed E-state index contributed by atoms with van der Waals surface area (Å²) in [5, 5.41) is 0.595. The second-order valence-corrected chi connectivity index (χ2v) is 3.86. The van der Waals surface area contributed by atoms with Crippen molar-refractivity contribution in [2.24, 2.45) is 5.73 Å². The van der Waals surface area contributed by atoms with E-state index in [-0.39, 0.29) is 5.97 Å². The summed E-state index contributed by atoms with van der Waals surface area (Å²) in [5.74, 6) is 0.434. The molecular formula is C12H16ClNO3. The van der Waals surface area contributed by atoms with E-state index in [1.807, 2.05) is 6.07 Å². The first kappa shape index (κ1) is 13.8. The van der Waals surface area contributed by atoms with Crippen LogP contribution in [0, 0.1) is 0 Å². The lowest BCUT2D eigenvalue weighted by atomic mass is 10.2. The SMILES string of the molecule is COC(=O)CCCOc1cccc(Cl)c1CN. The molecule has 0 aliphatic heterocycles. The summed E-state index contributed by atoms with van der Waals surface area (Å²) < 4.78 is 10.1. The fraction of sp³-hybridized carbons (Fsp3) is 0.417. The zero-order chi connectivity index (χ0) is 12.7. The molecule has 0 heterocycles. The lowest BCUT2D eigenvalue weighted by molar-refractivity contribution is -0.140. The van der Waals surface area contributed by atoms with Crippen molar-refractivity contribution >= 4 is 17.6 Å². The molecule has 1 rings (SSSR count). The van der Waals surface area contributed by atoms with E-state index in [9.17, 15) is 4.79 Å². The molecule has 0 amide bonds. The van der Waals surface area contributed by atoms with Crippen LogP contribution in [0.3, 0.4) is 0 Å². The van der Waals surface area contributed by atoms with Crippen LogP contribution in [0.1, 0.15) is 18.4 Å². The van der Waals surface area contributed by atoms with E-state index in [0.717, 1.165) is 5.56 Å². The van der Waals surface area contributed by atoms with E-state index < -0.39 is 0 Å². The van der Waals surface area contributed by atoms with Crippen molar-refractivity contribution in [3.05, 3.63) is 28.8 Å². The Morgan fingerprint density at radius 2 is 2.24 bits per heavy atom. The molecule has 0 atom stereocenters. The Kier molecular flexibility index (Phi) is 5.80. The lowest BCUT2D eigenvalue weighted by Crippen LogP contribution is -2.07. The minimum absolute atomic E-state index is 0.237. The van der Waals surface area contributed by atoms with Crippen LogP contribution >= 0.6 is 11.6 Å². The van der Waals surface area contributed by atoms with Crippen molar-refractivity contribution in [1.82, 2.24) is 0 Å². The highest BCUT2D eigenvalue weighted by Crippen LogP contribution is 2.25. The molecule has 0 aliphatic rings. The van der Waals surface area contributed by atoms with Crippen molar-refractivity contribution in [1.29, 1.82) is 0 Å². The second kappa shape index (κ2) is 7.14. The van der Waals surface area contributed by atoms with E-state index in [1.165, 1.54) is 7.11 Å². The molecule has 0 spiro atoms. The Morgan fingerprint density at radius 1 is 1.47 bits per heavy atom. The summed E-state index contributed by atoms with van der Waals surface area (Å²) in [6, 6.07) is 5.38. The maximum atomic E-state index is 10.9. The molecule has 1 aromatic rings. The molecule has 0 saturated carbocycles. The van der Waals surface area contributed by atoms with Crippen molar-refractivity contribution < 1.29 is 14.3 Å². The molecule has 0 radical (unpaired) electrons. The molecule has 0 fully saturated rings. The number of benzene rings is 1. The van der Waals surface area contributed by atoms with E-state index in [4.69, 9.17) is 22.1 Å². The minimum atomic E-state index is -0.237. The number of hydrogen-bond acceptors (Lipinski definition) is 4. The standard InChI is InChI=1S/C12H16ClNO3/c1-16-12(15)6-3-7-17-11-5-2-4-10(13)9(11)8-14/h2,4-5H,3,6-8,14H2,1H3. The van der Waals surface area contributed by atoms with Gasteiger partial charge in [0.05, 0.1) is 13.7 Å². The van der Waals surface area contributed by atoms with Gasteiger partial charge in [-0.1, -0.05) is 17.7 Å². The zero-order valence-electron chi connectivity index (χ0n) is 9.74. The Hall–Kier alpha value is -1.26.